The minimum absolute atomic E-state index is 0.110. The molecule has 30 heavy (non-hydrogen) atoms. The monoisotopic (exact) mass is 445 g/mol. The highest BCUT2D eigenvalue weighted by atomic mass is 35.5. The first-order chi connectivity index (χ1) is 14.6. The van der Waals surface area contributed by atoms with Gasteiger partial charge in [-0.1, -0.05) is 43.1 Å². The molecule has 1 fully saturated rings. The van der Waals surface area contributed by atoms with Crippen molar-refractivity contribution in [2.45, 2.75) is 56.8 Å². The number of fused-ring (bicyclic) bond motifs is 1. The molecule has 0 unspecified atom stereocenters. The van der Waals surface area contributed by atoms with Gasteiger partial charge in [-0.3, -0.25) is 14.2 Å². The number of nitrogens with zero attached hydrogens (tertiary/aromatic N) is 4. The van der Waals surface area contributed by atoms with Crippen LogP contribution in [0.25, 0.3) is 10.9 Å². The van der Waals surface area contributed by atoms with Gasteiger partial charge in [-0.2, -0.15) is 5.10 Å². The van der Waals surface area contributed by atoms with E-state index in [1.165, 1.54) is 24.6 Å². The maximum absolute atomic E-state index is 12.9. The van der Waals surface area contributed by atoms with Gasteiger partial charge in [0.25, 0.3) is 5.56 Å². The Balaban J connectivity index is 1.52. The molecule has 0 atom stereocenters. The molecule has 2 aromatic heterocycles. The highest BCUT2D eigenvalue weighted by Crippen LogP contribution is 2.31. The van der Waals surface area contributed by atoms with Crippen molar-refractivity contribution in [3.63, 3.8) is 0 Å². The third kappa shape index (κ3) is 4.39. The zero-order valence-electron chi connectivity index (χ0n) is 16.8. The van der Waals surface area contributed by atoms with Gasteiger partial charge in [0.05, 0.1) is 28.9 Å². The molecular weight excluding hydrogens is 422 g/mol. The van der Waals surface area contributed by atoms with Crippen LogP contribution in [-0.4, -0.2) is 31.0 Å². The lowest BCUT2D eigenvalue weighted by molar-refractivity contribution is -0.113. The lowest BCUT2D eigenvalue weighted by Gasteiger charge is -2.15. The number of carbonyl (C=O) groups excluding carboxylic acids is 1. The van der Waals surface area contributed by atoms with Crippen LogP contribution in [0.1, 0.15) is 45.1 Å². The number of anilines is 1. The number of nitrogens with one attached hydrogen (secondary N) is 1. The molecule has 1 aromatic carbocycles. The molecule has 0 saturated heterocycles. The average Bonchev–Trinajstić information content (AvgIpc) is 3.40. The fourth-order valence-corrected chi connectivity index (χ4v) is 4.86. The van der Waals surface area contributed by atoms with Crippen molar-refractivity contribution >= 4 is 46.0 Å². The number of hydrogen-bond acceptors (Lipinski definition) is 5. The summed E-state index contributed by atoms with van der Waals surface area (Å²) in [5, 5.41) is 8.92. The van der Waals surface area contributed by atoms with E-state index in [1.807, 2.05) is 17.7 Å². The molecule has 158 valence electrons. The van der Waals surface area contributed by atoms with E-state index in [0.29, 0.717) is 33.7 Å². The number of carbonyl (C=O) groups is 1. The Morgan fingerprint density at radius 2 is 2.10 bits per heavy atom. The fraction of sp³-hybridized carbons (Fsp3) is 0.429. The van der Waals surface area contributed by atoms with Crippen LogP contribution in [0.2, 0.25) is 5.02 Å². The molecule has 1 amide bonds. The highest BCUT2D eigenvalue weighted by Gasteiger charge is 2.21. The van der Waals surface area contributed by atoms with Gasteiger partial charge < -0.3 is 5.32 Å². The van der Waals surface area contributed by atoms with Gasteiger partial charge in [0.1, 0.15) is 5.82 Å². The van der Waals surface area contributed by atoms with E-state index in [1.54, 1.807) is 29.0 Å². The minimum atomic E-state index is -0.150. The lowest BCUT2D eigenvalue weighted by atomic mass is 10.2. The Kier molecular flexibility index (Phi) is 6.43. The molecule has 1 aliphatic carbocycles. The predicted molar refractivity (Wildman–Crippen MR) is 120 cm³/mol. The molecule has 0 aliphatic heterocycles. The number of halogens is 1. The molecule has 0 radical (unpaired) electrons. The first-order valence-electron chi connectivity index (χ1n) is 10.2. The summed E-state index contributed by atoms with van der Waals surface area (Å²) in [6.45, 7) is 2.55. The van der Waals surface area contributed by atoms with E-state index in [9.17, 15) is 9.59 Å². The molecule has 3 aromatic rings. The van der Waals surface area contributed by atoms with Crippen molar-refractivity contribution in [1.29, 1.82) is 0 Å². The third-order valence-electron chi connectivity index (χ3n) is 5.27. The zero-order valence-corrected chi connectivity index (χ0v) is 18.4. The Morgan fingerprint density at radius 3 is 2.87 bits per heavy atom. The second-order valence-corrected chi connectivity index (χ2v) is 8.83. The standard InChI is InChI=1S/C21H24ClN5O2S/c1-2-11-26-20(29)16-8-7-14(22)12-17(16)24-21(26)30-13-19(28)25-18-9-10-23-27(18)15-5-3-4-6-15/h7-10,12,15H,2-6,11,13H2,1H3,(H,25,28). The van der Waals surface area contributed by atoms with Crippen LogP contribution >= 0.6 is 23.4 Å². The molecule has 7 nitrogen and oxygen atoms in total. The van der Waals surface area contributed by atoms with Gasteiger partial charge >= 0.3 is 0 Å². The van der Waals surface area contributed by atoms with E-state index in [2.05, 4.69) is 15.4 Å². The molecule has 0 spiro atoms. The van der Waals surface area contributed by atoms with E-state index < -0.39 is 0 Å². The lowest BCUT2D eigenvalue weighted by Crippen LogP contribution is -2.24. The number of amides is 1. The van der Waals surface area contributed by atoms with Crippen molar-refractivity contribution in [3.8, 4) is 0 Å². The van der Waals surface area contributed by atoms with E-state index in [-0.39, 0.29) is 17.2 Å². The SMILES string of the molecule is CCCn1c(SCC(=O)Nc2ccnn2C2CCCC2)nc2cc(Cl)ccc2c1=O. The molecule has 2 heterocycles. The van der Waals surface area contributed by atoms with E-state index in [0.717, 1.165) is 25.1 Å². The summed E-state index contributed by atoms with van der Waals surface area (Å²) in [6, 6.07) is 7.24. The first kappa shape index (κ1) is 20.9. The molecular formula is C21H24ClN5O2S. The average molecular weight is 446 g/mol. The van der Waals surface area contributed by atoms with Crippen LogP contribution in [0.4, 0.5) is 5.82 Å². The maximum Gasteiger partial charge on any atom is 0.262 e. The Hall–Kier alpha value is -2.32. The van der Waals surface area contributed by atoms with Crippen LogP contribution in [0.5, 0.6) is 0 Å². The number of aromatic nitrogens is 4. The molecule has 0 bridgehead atoms. The highest BCUT2D eigenvalue weighted by molar-refractivity contribution is 7.99. The van der Waals surface area contributed by atoms with Gasteiger partial charge in [-0.25, -0.2) is 9.67 Å². The molecule has 1 N–H and O–H groups in total. The van der Waals surface area contributed by atoms with Gasteiger partial charge in [-0.05, 0) is 37.5 Å². The zero-order chi connectivity index (χ0) is 21.1. The fourth-order valence-electron chi connectivity index (χ4n) is 3.87. The first-order valence-corrected chi connectivity index (χ1v) is 11.6. The van der Waals surface area contributed by atoms with Crippen LogP contribution < -0.4 is 10.9 Å². The van der Waals surface area contributed by atoms with Crippen LogP contribution in [0.3, 0.4) is 0 Å². The van der Waals surface area contributed by atoms with Crippen LogP contribution in [0.15, 0.2) is 40.4 Å². The summed E-state index contributed by atoms with van der Waals surface area (Å²) in [6.07, 6.45) is 7.08. The summed E-state index contributed by atoms with van der Waals surface area (Å²) in [7, 11) is 0. The normalized spacial score (nSPS) is 14.5. The quantitative estimate of drug-likeness (QED) is 0.427. The minimum Gasteiger partial charge on any atom is -0.310 e. The summed E-state index contributed by atoms with van der Waals surface area (Å²) >= 11 is 7.33. The summed E-state index contributed by atoms with van der Waals surface area (Å²) in [5.74, 6) is 0.720. The number of hydrogen-bond donors (Lipinski definition) is 1. The van der Waals surface area contributed by atoms with Gasteiger partial charge in [0, 0.05) is 17.6 Å². The smallest absolute Gasteiger partial charge is 0.262 e. The molecule has 1 saturated carbocycles. The summed E-state index contributed by atoms with van der Waals surface area (Å²) in [5.41, 5.74) is 0.433. The van der Waals surface area contributed by atoms with Crippen LogP contribution in [-0.2, 0) is 11.3 Å². The van der Waals surface area contributed by atoms with Gasteiger partial charge in [0.2, 0.25) is 5.91 Å². The largest absolute Gasteiger partial charge is 0.310 e. The maximum atomic E-state index is 12.9. The number of rotatable bonds is 7. The molecule has 9 heteroatoms. The topological polar surface area (TPSA) is 81.8 Å². The van der Waals surface area contributed by atoms with Crippen LogP contribution in [0, 0.1) is 0 Å². The Bertz CT molecular complexity index is 1120. The van der Waals surface area contributed by atoms with E-state index >= 15 is 0 Å². The van der Waals surface area contributed by atoms with Gasteiger partial charge in [0.15, 0.2) is 5.16 Å². The summed E-state index contributed by atoms with van der Waals surface area (Å²) in [4.78, 5) is 30.1. The second kappa shape index (κ2) is 9.22. The van der Waals surface area contributed by atoms with Gasteiger partial charge in [-0.15, -0.1) is 0 Å². The summed E-state index contributed by atoms with van der Waals surface area (Å²) < 4.78 is 3.55. The Morgan fingerprint density at radius 1 is 1.30 bits per heavy atom. The number of benzene rings is 1. The van der Waals surface area contributed by atoms with E-state index in [4.69, 9.17) is 11.6 Å². The predicted octanol–water partition coefficient (Wildman–Crippen LogP) is 4.50. The molecule has 4 rings (SSSR count). The van der Waals surface area contributed by atoms with Crippen molar-refractivity contribution in [3.05, 3.63) is 45.8 Å². The Labute approximate surface area is 183 Å². The number of thioether (sulfide) groups is 1. The van der Waals surface area contributed by atoms with Crippen molar-refractivity contribution in [1.82, 2.24) is 19.3 Å². The van der Waals surface area contributed by atoms with Crippen molar-refractivity contribution in [2.24, 2.45) is 0 Å². The second-order valence-electron chi connectivity index (χ2n) is 7.45. The molecule has 1 aliphatic rings. The van der Waals surface area contributed by atoms with Crippen molar-refractivity contribution in [2.75, 3.05) is 11.1 Å². The third-order valence-corrected chi connectivity index (χ3v) is 6.48. The van der Waals surface area contributed by atoms with Crippen molar-refractivity contribution < 1.29 is 4.79 Å².